The van der Waals surface area contributed by atoms with Crippen LogP contribution < -0.4 is 0 Å². The van der Waals surface area contributed by atoms with Crippen LogP contribution in [0.1, 0.15) is 28.3 Å². The van der Waals surface area contributed by atoms with Gasteiger partial charge in [-0.25, -0.2) is 0 Å². The molecule has 3 aromatic rings. The highest BCUT2D eigenvalue weighted by molar-refractivity contribution is 9.10. The molecule has 1 heterocycles. The first-order valence-electron chi connectivity index (χ1n) is 9.25. The molecule has 3 aromatic carbocycles. The second kappa shape index (κ2) is 8.05. The second-order valence-electron chi connectivity index (χ2n) is 7.14. The van der Waals surface area contributed by atoms with Gasteiger partial charge in [-0.1, -0.05) is 81.6 Å². The van der Waals surface area contributed by atoms with E-state index < -0.39 is 0 Å². The Kier molecular flexibility index (Phi) is 5.48. The molecule has 146 valence electrons. The minimum Gasteiger partial charge on any atom is -0.503 e. The van der Waals surface area contributed by atoms with E-state index in [1.807, 2.05) is 67.6 Å². The third-order valence-electron chi connectivity index (χ3n) is 5.12. The summed E-state index contributed by atoms with van der Waals surface area (Å²) >= 11 is 9.47. The molecule has 29 heavy (non-hydrogen) atoms. The maximum absolute atomic E-state index is 13.1. The van der Waals surface area contributed by atoms with Crippen molar-refractivity contribution in [1.82, 2.24) is 4.90 Å². The molecule has 0 bridgehead atoms. The Morgan fingerprint density at radius 1 is 0.966 bits per heavy atom. The Bertz CT molecular complexity index is 1070. The standard InChI is InChI=1S/C24H19BrClNO2/c1-15-2-6-17(7-3-15)21-22(18-8-10-19(25)11-9-18)27(24(29)23(21)28)14-16-4-12-20(26)13-5-16/h2-13,22,28H,14H2,1H3. The number of aliphatic hydroxyl groups excluding tert-OH is 1. The Balaban J connectivity index is 1.80. The number of amides is 1. The van der Waals surface area contributed by atoms with E-state index in [0.29, 0.717) is 17.1 Å². The van der Waals surface area contributed by atoms with Crippen molar-refractivity contribution >= 4 is 39.0 Å². The molecule has 0 aliphatic carbocycles. The number of nitrogens with zero attached hydrogens (tertiary/aromatic N) is 1. The van der Waals surface area contributed by atoms with Crippen molar-refractivity contribution in [2.24, 2.45) is 0 Å². The van der Waals surface area contributed by atoms with Crippen molar-refractivity contribution in [1.29, 1.82) is 0 Å². The van der Waals surface area contributed by atoms with Crippen LogP contribution in [0.3, 0.4) is 0 Å². The molecule has 0 fully saturated rings. The molecular formula is C24H19BrClNO2. The highest BCUT2D eigenvalue weighted by Gasteiger charge is 2.40. The largest absolute Gasteiger partial charge is 0.503 e. The minimum atomic E-state index is -0.381. The van der Waals surface area contributed by atoms with Gasteiger partial charge < -0.3 is 10.0 Å². The van der Waals surface area contributed by atoms with Crippen molar-refractivity contribution in [3.8, 4) is 0 Å². The molecule has 1 atom stereocenters. The molecule has 0 radical (unpaired) electrons. The number of carbonyl (C=O) groups is 1. The number of hydrogen-bond acceptors (Lipinski definition) is 2. The average molecular weight is 469 g/mol. The topological polar surface area (TPSA) is 40.5 Å². The summed E-state index contributed by atoms with van der Waals surface area (Å²) < 4.78 is 0.958. The molecule has 0 aromatic heterocycles. The summed E-state index contributed by atoms with van der Waals surface area (Å²) in [5, 5.41) is 11.5. The second-order valence-corrected chi connectivity index (χ2v) is 8.49. The van der Waals surface area contributed by atoms with Crippen LogP contribution in [0.4, 0.5) is 0 Å². The molecule has 0 saturated heterocycles. The number of hydrogen-bond donors (Lipinski definition) is 1. The van der Waals surface area contributed by atoms with Crippen LogP contribution in [-0.4, -0.2) is 15.9 Å². The van der Waals surface area contributed by atoms with E-state index in [2.05, 4.69) is 15.9 Å². The van der Waals surface area contributed by atoms with E-state index in [0.717, 1.165) is 26.7 Å². The minimum absolute atomic E-state index is 0.198. The predicted octanol–water partition coefficient (Wildman–Crippen LogP) is 6.46. The molecule has 1 amide bonds. The van der Waals surface area contributed by atoms with Gasteiger partial charge >= 0.3 is 0 Å². The lowest BCUT2D eigenvalue weighted by Gasteiger charge is -2.27. The van der Waals surface area contributed by atoms with Crippen LogP contribution in [0.2, 0.25) is 5.02 Å². The Morgan fingerprint density at radius 3 is 2.21 bits per heavy atom. The van der Waals surface area contributed by atoms with Gasteiger partial charge in [0.2, 0.25) is 0 Å². The quantitative estimate of drug-likeness (QED) is 0.477. The van der Waals surface area contributed by atoms with Crippen molar-refractivity contribution < 1.29 is 9.90 Å². The van der Waals surface area contributed by atoms with Gasteiger partial charge in [0.05, 0.1) is 6.04 Å². The molecule has 1 aliphatic heterocycles. The Morgan fingerprint density at radius 2 is 1.59 bits per heavy atom. The molecule has 3 nitrogen and oxygen atoms in total. The van der Waals surface area contributed by atoms with Crippen molar-refractivity contribution in [3.63, 3.8) is 0 Å². The highest BCUT2D eigenvalue weighted by Crippen LogP contribution is 2.44. The van der Waals surface area contributed by atoms with Gasteiger partial charge in [-0.2, -0.15) is 0 Å². The van der Waals surface area contributed by atoms with Gasteiger partial charge in [-0.05, 0) is 47.9 Å². The Hall–Kier alpha value is -2.56. The molecule has 0 saturated carbocycles. The number of benzene rings is 3. The van der Waals surface area contributed by atoms with Crippen LogP contribution in [0, 0.1) is 6.92 Å². The van der Waals surface area contributed by atoms with Gasteiger partial charge in [0.25, 0.3) is 5.91 Å². The lowest BCUT2D eigenvalue weighted by molar-refractivity contribution is -0.130. The van der Waals surface area contributed by atoms with Gasteiger partial charge in [0.1, 0.15) is 0 Å². The van der Waals surface area contributed by atoms with E-state index in [1.54, 1.807) is 17.0 Å². The zero-order valence-electron chi connectivity index (χ0n) is 15.8. The number of carbonyl (C=O) groups excluding carboxylic acids is 1. The number of halogens is 2. The average Bonchev–Trinajstić information content (AvgIpc) is 2.96. The summed E-state index contributed by atoms with van der Waals surface area (Å²) in [6.45, 7) is 2.38. The first-order chi connectivity index (χ1) is 13.9. The molecule has 1 aliphatic rings. The highest BCUT2D eigenvalue weighted by atomic mass is 79.9. The first kappa shape index (κ1) is 19.7. The van der Waals surface area contributed by atoms with E-state index in [1.165, 1.54) is 0 Å². The normalized spacial score (nSPS) is 16.6. The van der Waals surface area contributed by atoms with Gasteiger partial charge in [0.15, 0.2) is 5.76 Å². The van der Waals surface area contributed by atoms with Crippen LogP contribution in [0.5, 0.6) is 0 Å². The summed E-state index contributed by atoms with van der Waals surface area (Å²) in [7, 11) is 0. The Labute approximate surface area is 183 Å². The summed E-state index contributed by atoms with van der Waals surface area (Å²) in [6.07, 6.45) is 0. The summed E-state index contributed by atoms with van der Waals surface area (Å²) in [5.41, 5.74) is 4.48. The lowest BCUT2D eigenvalue weighted by Crippen LogP contribution is -2.29. The van der Waals surface area contributed by atoms with Crippen LogP contribution >= 0.6 is 27.5 Å². The SMILES string of the molecule is Cc1ccc(C2=C(O)C(=O)N(Cc3ccc(Cl)cc3)C2c2ccc(Br)cc2)cc1. The summed E-state index contributed by atoms with van der Waals surface area (Å²) in [5.74, 6) is -0.570. The fraction of sp³-hybridized carbons (Fsp3) is 0.125. The van der Waals surface area contributed by atoms with Crippen LogP contribution in [-0.2, 0) is 11.3 Å². The molecule has 1 unspecified atom stereocenters. The first-order valence-corrected chi connectivity index (χ1v) is 10.4. The van der Waals surface area contributed by atoms with Crippen molar-refractivity contribution in [3.05, 3.63) is 110 Å². The molecular weight excluding hydrogens is 450 g/mol. The molecule has 1 N–H and O–H groups in total. The van der Waals surface area contributed by atoms with E-state index in [4.69, 9.17) is 11.6 Å². The molecule has 0 spiro atoms. The molecule has 5 heteroatoms. The van der Waals surface area contributed by atoms with E-state index in [-0.39, 0.29) is 17.7 Å². The fourth-order valence-electron chi connectivity index (χ4n) is 3.62. The van der Waals surface area contributed by atoms with Crippen LogP contribution in [0.25, 0.3) is 5.57 Å². The maximum atomic E-state index is 13.1. The van der Waals surface area contributed by atoms with E-state index >= 15 is 0 Å². The smallest absolute Gasteiger partial charge is 0.290 e. The van der Waals surface area contributed by atoms with Crippen molar-refractivity contribution in [2.45, 2.75) is 19.5 Å². The van der Waals surface area contributed by atoms with Crippen molar-refractivity contribution in [2.75, 3.05) is 0 Å². The zero-order valence-corrected chi connectivity index (χ0v) is 18.1. The number of aryl methyl sites for hydroxylation is 1. The van der Waals surface area contributed by atoms with E-state index in [9.17, 15) is 9.90 Å². The van der Waals surface area contributed by atoms with Gasteiger partial charge in [0, 0.05) is 21.6 Å². The number of aliphatic hydroxyl groups is 1. The van der Waals surface area contributed by atoms with Crippen LogP contribution in [0.15, 0.2) is 83.0 Å². The van der Waals surface area contributed by atoms with Gasteiger partial charge in [-0.3, -0.25) is 4.79 Å². The third-order valence-corrected chi connectivity index (χ3v) is 5.90. The van der Waals surface area contributed by atoms with Gasteiger partial charge in [-0.15, -0.1) is 0 Å². The lowest BCUT2D eigenvalue weighted by atomic mass is 9.93. The molecule has 4 rings (SSSR count). The summed E-state index contributed by atoms with van der Waals surface area (Å²) in [6, 6.07) is 22.7. The monoisotopic (exact) mass is 467 g/mol. The zero-order chi connectivity index (χ0) is 20.5. The number of rotatable bonds is 4. The fourth-order valence-corrected chi connectivity index (χ4v) is 4.01. The summed E-state index contributed by atoms with van der Waals surface area (Å²) in [4.78, 5) is 14.8. The maximum Gasteiger partial charge on any atom is 0.290 e. The predicted molar refractivity (Wildman–Crippen MR) is 120 cm³/mol. The third kappa shape index (κ3) is 3.96.